The summed E-state index contributed by atoms with van der Waals surface area (Å²) in [6.07, 6.45) is 2.40. The van der Waals surface area contributed by atoms with Crippen molar-refractivity contribution in [2.75, 3.05) is 0 Å². The fourth-order valence-electron chi connectivity index (χ4n) is 1.64. The third kappa shape index (κ3) is 3.93. The van der Waals surface area contributed by atoms with Crippen LogP contribution < -0.4 is 10.3 Å². The van der Waals surface area contributed by atoms with Gasteiger partial charge in [0.05, 0.1) is 4.90 Å². The number of carbonyl (C=O) groups is 1. The smallest absolute Gasteiger partial charge is 0.282 e. The van der Waals surface area contributed by atoms with Crippen molar-refractivity contribution < 1.29 is 13.2 Å². The fraction of sp³-hybridized carbons (Fsp3) is 0.154. The maximum Gasteiger partial charge on any atom is 0.282 e. The number of sulfonamides is 1. The highest BCUT2D eigenvalue weighted by Crippen LogP contribution is 2.11. The largest absolute Gasteiger partial charge is 0.356 e. The molecular weight excluding hydrogens is 358 g/mol. The third-order valence-electron chi connectivity index (χ3n) is 2.83. The van der Waals surface area contributed by atoms with E-state index in [-0.39, 0.29) is 10.6 Å². The van der Waals surface area contributed by atoms with E-state index in [1.807, 2.05) is 6.92 Å². The second kappa shape index (κ2) is 6.42. The van der Waals surface area contributed by atoms with Gasteiger partial charge in [-0.1, -0.05) is 19.1 Å². The molecule has 6 nitrogen and oxygen atoms in total. The average Bonchev–Trinajstić information content (AvgIpc) is 2.91. The van der Waals surface area contributed by atoms with Crippen LogP contribution in [0.25, 0.3) is 0 Å². The molecule has 0 unspecified atom stereocenters. The Morgan fingerprint density at radius 2 is 1.95 bits per heavy atom. The number of H-pyrrole nitrogens is 1. The highest BCUT2D eigenvalue weighted by atomic mass is 79.9. The van der Waals surface area contributed by atoms with E-state index < -0.39 is 15.9 Å². The molecule has 3 N–H and O–H groups in total. The monoisotopic (exact) mass is 371 g/mol. The van der Waals surface area contributed by atoms with Crippen molar-refractivity contribution in [2.24, 2.45) is 0 Å². The van der Waals surface area contributed by atoms with Crippen molar-refractivity contribution in [3.8, 4) is 0 Å². The Hall–Kier alpha value is -1.64. The minimum atomic E-state index is -3.79. The van der Waals surface area contributed by atoms with Crippen molar-refractivity contribution in [2.45, 2.75) is 18.2 Å². The number of aromatic nitrogens is 1. The Kier molecular flexibility index (Phi) is 4.81. The summed E-state index contributed by atoms with van der Waals surface area (Å²) in [5.74, 6) is -0.575. The maximum atomic E-state index is 12.0. The normalized spacial score (nSPS) is 11.3. The average molecular weight is 372 g/mol. The molecule has 0 bridgehead atoms. The van der Waals surface area contributed by atoms with Crippen LogP contribution in [0.1, 0.15) is 23.0 Å². The summed E-state index contributed by atoms with van der Waals surface area (Å²) in [4.78, 5) is 16.6. The number of amides is 1. The number of aromatic amines is 1. The van der Waals surface area contributed by atoms with Crippen molar-refractivity contribution in [3.63, 3.8) is 0 Å². The summed E-state index contributed by atoms with van der Waals surface area (Å²) >= 11 is 3.19. The van der Waals surface area contributed by atoms with Crippen LogP contribution >= 0.6 is 15.9 Å². The van der Waals surface area contributed by atoms with Crippen LogP contribution in [-0.4, -0.2) is 19.3 Å². The summed E-state index contributed by atoms with van der Waals surface area (Å²) in [7, 11) is -3.79. The van der Waals surface area contributed by atoms with Crippen molar-refractivity contribution in [1.29, 1.82) is 0 Å². The molecule has 0 aliphatic rings. The fourth-order valence-corrected chi connectivity index (χ4v) is 2.83. The van der Waals surface area contributed by atoms with E-state index >= 15 is 0 Å². The zero-order valence-electron chi connectivity index (χ0n) is 11.2. The van der Waals surface area contributed by atoms with Gasteiger partial charge in [0.1, 0.15) is 5.69 Å². The van der Waals surface area contributed by atoms with Crippen molar-refractivity contribution >= 4 is 31.9 Å². The second-order valence-corrected chi connectivity index (χ2v) is 6.89. The summed E-state index contributed by atoms with van der Waals surface area (Å²) < 4.78 is 24.8. The minimum Gasteiger partial charge on any atom is -0.356 e. The summed E-state index contributed by atoms with van der Waals surface area (Å²) in [5.41, 5.74) is 3.43. The standard InChI is InChI=1S/C13H14BrN3O3S/c1-2-9-3-5-11(6-4-9)21(19,20)17-16-13(18)12-7-10(14)8-15-12/h3-8,15,17H,2H2,1H3,(H,16,18). The molecule has 1 aromatic heterocycles. The SMILES string of the molecule is CCc1ccc(S(=O)(=O)NNC(=O)c2cc(Br)c[nH]2)cc1. The lowest BCUT2D eigenvalue weighted by Crippen LogP contribution is -2.41. The van der Waals surface area contributed by atoms with E-state index in [1.54, 1.807) is 24.4 Å². The number of carbonyl (C=O) groups excluding carboxylic acids is 1. The minimum absolute atomic E-state index is 0.0904. The van der Waals surface area contributed by atoms with Gasteiger partial charge in [-0.15, -0.1) is 4.83 Å². The highest BCUT2D eigenvalue weighted by molar-refractivity contribution is 9.10. The van der Waals surface area contributed by atoms with Crippen LogP contribution in [0.3, 0.4) is 0 Å². The van der Waals surface area contributed by atoms with Gasteiger partial charge in [0.25, 0.3) is 15.9 Å². The number of hydrogen-bond donors (Lipinski definition) is 3. The lowest BCUT2D eigenvalue weighted by atomic mass is 10.2. The number of benzene rings is 1. The number of nitrogens with one attached hydrogen (secondary N) is 3. The van der Waals surface area contributed by atoms with Crippen LogP contribution in [0.4, 0.5) is 0 Å². The first-order valence-electron chi connectivity index (χ1n) is 6.17. The summed E-state index contributed by atoms with van der Waals surface area (Å²) in [6, 6.07) is 8.01. The molecule has 2 aromatic rings. The maximum absolute atomic E-state index is 12.0. The quantitative estimate of drug-likeness (QED) is 0.701. The first-order chi connectivity index (χ1) is 9.92. The first kappa shape index (κ1) is 15.7. The Bertz CT molecular complexity index is 738. The van der Waals surface area contributed by atoms with Gasteiger partial charge in [-0.3, -0.25) is 10.2 Å². The Labute approximate surface area is 131 Å². The van der Waals surface area contributed by atoms with Crippen LogP contribution in [0, 0.1) is 0 Å². The van der Waals surface area contributed by atoms with E-state index in [2.05, 4.69) is 31.2 Å². The van der Waals surface area contributed by atoms with Gasteiger partial charge in [-0.05, 0) is 46.1 Å². The van der Waals surface area contributed by atoms with Gasteiger partial charge in [-0.2, -0.15) is 0 Å². The number of rotatable bonds is 5. The summed E-state index contributed by atoms with van der Waals surface area (Å²) in [6.45, 7) is 1.98. The molecular formula is C13H14BrN3O3S. The predicted octanol–water partition coefficient (Wildman–Crippen LogP) is 1.96. The van der Waals surface area contributed by atoms with Gasteiger partial charge in [0.2, 0.25) is 0 Å². The zero-order chi connectivity index (χ0) is 15.5. The molecule has 2 rings (SSSR count). The van der Waals surface area contributed by atoms with Gasteiger partial charge >= 0.3 is 0 Å². The van der Waals surface area contributed by atoms with Crippen molar-refractivity contribution in [3.05, 3.63) is 52.3 Å². The lowest BCUT2D eigenvalue weighted by Gasteiger charge is -2.08. The molecule has 1 heterocycles. The molecule has 1 amide bonds. The molecule has 8 heteroatoms. The lowest BCUT2D eigenvalue weighted by molar-refractivity contribution is 0.0940. The zero-order valence-corrected chi connectivity index (χ0v) is 13.6. The third-order valence-corrected chi connectivity index (χ3v) is 4.55. The van der Waals surface area contributed by atoms with Gasteiger partial charge < -0.3 is 4.98 Å². The Morgan fingerprint density at radius 1 is 1.29 bits per heavy atom. The van der Waals surface area contributed by atoms with Crippen LogP contribution in [0.15, 0.2) is 45.9 Å². The van der Waals surface area contributed by atoms with E-state index in [1.165, 1.54) is 12.1 Å². The number of hydrogen-bond acceptors (Lipinski definition) is 3. The number of aryl methyl sites for hydroxylation is 1. The van der Waals surface area contributed by atoms with Crippen LogP contribution in [0.2, 0.25) is 0 Å². The molecule has 112 valence electrons. The molecule has 0 atom stereocenters. The van der Waals surface area contributed by atoms with Crippen molar-refractivity contribution in [1.82, 2.24) is 15.2 Å². The molecule has 0 radical (unpaired) electrons. The predicted molar refractivity (Wildman–Crippen MR) is 82.1 cm³/mol. The first-order valence-corrected chi connectivity index (χ1v) is 8.45. The van der Waals surface area contributed by atoms with E-state index in [0.29, 0.717) is 4.47 Å². The molecule has 0 aliphatic carbocycles. The van der Waals surface area contributed by atoms with E-state index in [0.717, 1.165) is 12.0 Å². The Balaban J connectivity index is 2.05. The molecule has 0 fully saturated rings. The molecule has 1 aromatic carbocycles. The molecule has 21 heavy (non-hydrogen) atoms. The molecule has 0 spiro atoms. The van der Waals surface area contributed by atoms with E-state index in [4.69, 9.17) is 0 Å². The molecule has 0 aliphatic heterocycles. The van der Waals surface area contributed by atoms with Gasteiger partial charge in [0.15, 0.2) is 0 Å². The topological polar surface area (TPSA) is 91.1 Å². The van der Waals surface area contributed by atoms with Crippen LogP contribution in [0.5, 0.6) is 0 Å². The van der Waals surface area contributed by atoms with E-state index in [9.17, 15) is 13.2 Å². The molecule has 0 saturated heterocycles. The highest BCUT2D eigenvalue weighted by Gasteiger charge is 2.16. The van der Waals surface area contributed by atoms with Gasteiger partial charge in [0, 0.05) is 10.7 Å². The second-order valence-electron chi connectivity index (χ2n) is 4.29. The van der Waals surface area contributed by atoms with Gasteiger partial charge in [-0.25, -0.2) is 8.42 Å². The van der Waals surface area contributed by atoms with Crippen LogP contribution in [-0.2, 0) is 16.4 Å². The summed E-state index contributed by atoms with van der Waals surface area (Å²) in [5, 5.41) is 0. The Morgan fingerprint density at radius 3 is 2.48 bits per heavy atom. The number of halogens is 1. The number of hydrazine groups is 1. The molecule has 0 saturated carbocycles.